The molecule has 1 aliphatic heterocycles. The number of aliphatic hydroxyl groups excluding tert-OH is 2. The average molecular weight is 417 g/mol. The number of ether oxygens (including phenoxy) is 1. The Balaban J connectivity index is 1.34. The first-order valence-corrected chi connectivity index (χ1v) is 12.9. The van der Waals surface area contributed by atoms with Crippen LogP contribution in [-0.4, -0.2) is 35.1 Å². The van der Waals surface area contributed by atoms with E-state index in [1.165, 1.54) is 32.1 Å². The molecule has 4 fully saturated rings. The van der Waals surface area contributed by atoms with Crippen molar-refractivity contribution < 1.29 is 14.9 Å². The molecule has 1 saturated heterocycles. The molecular formula is C27H44O3. The predicted octanol–water partition coefficient (Wildman–Crippen LogP) is 5.35. The molecule has 3 nitrogen and oxygen atoms in total. The van der Waals surface area contributed by atoms with Crippen molar-refractivity contribution in [2.75, 3.05) is 6.61 Å². The summed E-state index contributed by atoms with van der Waals surface area (Å²) < 4.78 is 6.75. The summed E-state index contributed by atoms with van der Waals surface area (Å²) in [6.07, 6.45) is 13.8. The molecule has 5 rings (SSSR count). The highest BCUT2D eigenvalue weighted by molar-refractivity contribution is 5.26. The smallest absolute Gasteiger partial charge is 0.0618 e. The Morgan fingerprint density at radius 3 is 2.77 bits per heavy atom. The van der Waals surface area contributed by atoms with Crippen LogP contribution in [-0.2, 0) is 4.74 Å². The number of hydrogen-bond acceptors (Lipinski definition) is 3. The summed E-state index contributed by atoms with van der Waals surface area (Å²) in [4.78, 5) is 0. The molecule has 0 amide bonds. The molecule has 0 aromatic heterocycles. The first kappa shape index (κ1) is 21.5. The predicted molar refractivity (Wildman–Crippen MR) is 120 cm³/mol. The van der Waals surface area contributed by atoms with Crippen LogP contribution in [0.4, 0.5) is 0 Å². The highest BCUT2D eigenvalue weighted by atomic mass is 16.5. The number of allylic oxidation sites excluding steroid dienone is 1. The van der Waals surface area contributed by atoms with Crippen LogP contribution in [0.25, 0.3) is 0 Å². The normalized spacial score (nSPS) is 53.3. The van der Waals surface area contributed by atoms with Crippen molar-refractivity contribution in [3.05, 3.63) is 11.6 Å². The Hall–Kier alpha value is -0.380. The van der Waals surface area contributed by atoms with Gasteiger partial charge in [-0.1, -0.05) is 39.3 Å². The van der Waals surface area contributed by atoms with Crippen LogP contribution in [0.3, 0.4) is 0 Å². The van der Waals surface area contributed by atoms with Gasteiger partial charge in [-0.25, -0.2) is 0 Å². The molecule has 3 heteroatoms. The van der Waals surface area contributed by atoms with Crippen molar-refractivity contribution in [1.29, 1.82) is 0 Å². The third kappa shape index (κ3) is 3.09. The van der Waals surface area contributed by atoms with Gasteiger partial charge in [0, 0.05) is 6.61 Å². The van der Waals surface area contributed by atoms with Gasteiger partial charge in [0.05, 0.1) is 18.3 Å². The van der Waals surface area contributed by atoms with Crippen LogP contribution >= 0.6 is 0 Å². The van der Waals surface area contributed by atoms with Gasteiger partial charge in [-0.3, -0.25) is 0 Å². The van der Waals surface area contributed by atoms with E-state index in [0.29, 0.717) is 47.4 Å². The van der Waals surface area contributed by atoms with E-state index in [9.17, 15) is 10.2 Å². The first-order chi connectivity index (χ1) is 14.3. The maximum absolute atomic E-state index is 10.2. The summed E-state index contributed by atoms with van der Waals surface area (Å²) >= 11 is 0. The van der Waals surface area contributed by atoms with Crippen molar-refractivity contribution in [3.63, 3.8) is 0 Å². The Labute approximate surface area is 183 Å². The van der Waals surface area contributed by atoms with E-state index >= 15 is 0 Å². The number of fused-ring (bicyclic) bond motifs is 7. The van der Waals surface area contributed by atoms with E-state index in [2.05, 4.69) is 33.8 Å². The summed E-state index contributed by atoms with van der Waals surface area (Å²) in [6, 6.07) is 0. The zero-order valence-electron chi connectivity index (χ0n) is 19.6. The van der Waals surface area contributed by atoms with E-state index in [1.54, 1.807) is 5.57 Å². The van der Waals surface area contributed by atoms with E-state index in [4.69, 9.17) is 4.74 Å². The molecule has 11 atom stereocenters. The minimum absolute atomic E-state index is 0.111. The second-order valence-electron chi connectivity index (χ2n) is 12.4. The second-order valence-corrected chi connectivity index (χ2v) is 12.4. The monoisotopic (exact) mass is 416 g/mol. The molecule has 0 radical (unpaired) electrons. The molecule has 1 unspecified atom stereocenters. The van der Waals surface area contributed by atoms with Gasteiger partial charge in [0.1, 0.15) is 0 Å². The lowest BCUT2D eigenvalue weighted by Gasteiger charge is -2.58. The van der Waals surface area contributed by atoms with Crippen LogP contribution < -0.4 is 0 Å². The largest absolute Gasteiger partial charge is 0.396 e. The Bertz CT molecular complexity index is 688. The van der Waals surface area contributed by atoms with Gasteiger partial charge in [0.15, 0.2) is 0 Å². The highest BCUT2D eigenvalue weighted by Crippen LogP contribution is 2.69. The molecule has 1 heterocycles. The summed E-state index contributed by atoms with van der Waals surface area (Å²) in [5.41, 5.74) is 2.33. The fourth-order valence-electron chi connectivity index (χ4n) is 9.20. The van der Waals surface area contributed by atoms with E-state index in [-0.39, 0.29) is 6.10 Å². The number of aliphatic hydroxyl groups is 2. The molecule has 3 saturated carbocycles. The SMILES string of the molecule is C[C@@H](CO)CCC1O[C@H]2C[C@H]3[C@@H]4CC=C5C[C@@H](O)CC[C@]5(C)[C@H]4CC[C@]3(C)[C@H]2[C@@H]1C. The van der Waals surface area contributed by atoms with Crippen molar-refractivity contribution in [2.24, 2.45) is 46.3 Å². The lowest BCUT2D eigenvalue weighted by atomic mass is 9.47. The van der Waals surface area contributed by atoms with Gasteiger partial charge in [0.25, 0.3) is 0 Å². The molecule has 4 aliphatic carbocycles. The Morgan fingerprint density at radius 1 is 1.20 bits per heavy atom. The van der Waals surface area contributed by atoms with E-state index in [0.717, 1.165) is 43.4 Å². The molecular weight excluding hydrogens is 372 g/mol. The van der Waals surface area contributed by atoms with Gasteiger partial charge >= 0.3 is 0 Å². The van der Waals surface area contributed by atoms with Crippen LogP contribution in [0.2, 0.25) is 0 Å². The molecule has 0 aromatic carbocycles. The average Bonchev–Trinajstić information content (AvgIpc) is 3.20. The Kier molecular flexibility index (Phi) is 5.43. The lowest BCUT2D eigenvalue weighted by Crippen LogP contribution is -2.51. The van der Waals surface area contributed by atoms with Crippen LogP contribution in [0.1, 0.15) is 85.5 Å². The van der Waals surface area contributed by atoms with Gasteiger partial charge in [-0.15, -0.1) is 0 Å². The summed E-state index contributed by atoms with van der Waals surface area (Å²) in [6.45, 7) is 10.0. The summed E-state index contributed by atoms with van der Waals surface area (Å²) in [5.74, 6) is 4.15. The Morgan fingerprint density at radius 2 is 2.00 bits per heavy atom. The second kappa shape index (κ2) is 7.59. The van der Waals surface area contributed by atoms with Gasteiger partial charge in [-0.2, -0.15) is 0 Å². The molecule has 0 bridgehead atoms. The van der Waals surface area contributed by atoms with Crippen molar-refractivity contribution in [1.82, 2.24) is 0 Å². The third-order valence-electron chi connectivity index (χ3n) is 10.9. The molecule has 0 spiro atoms. The van der Waals surface area contributed by atoms with Crippen molar-refractivity contribution in [2.45, 2.75) is 104 Å². The highest BCUT2D eigenvalue weighted by Gasteiger charge is 2.64. The zero-order valence-corrected chi connectivity index (χ0v) is 19.6. The standard InChI is InChI=1S/C27H44O3/c1-16(15-28)5-8-23-17(2)25-24(30-23)14-22-20-7-6-18-13-19(29)9-11-26(18,3)21(20)10-12-27(22,25)4/h6,16-17,19-25,28-29H,5,7-15H2,1-4H3/t16-,17-,19+,20-,21+,22+,23?,24+,25+,26+,27+/m1/s1. The summed E-state index contributed by atoms with van der Waals surface area (Å²) in [7, 11) is 0. The topological polar surface area (TPSA) is 49.7 Å². The first-order valence-electron chi connectivity index (χ1n) is 12.9. The number of hydrogen-bond donors (Lipinski definition) is 2. The third-order valence-corrected chi connectivity index (χ3v) is 10.9. The zero-order chi connectivity index (χ0) is 21.3. The van der Waals surface area contributed by atoms with Gasteiger partial charge in [0.2, 0.25) is 0 Å². The molecule has 2 N–H and O–H groups in total. The maximum Gasteiger partial charge on any atom is 0.0618 e. The summed E-state index contributed by atoms with van der Waals surface area (Å²) in [5, 5.41) is 19.6. The molecule has 30 heavy (non-hydrogen) atoms. The quantitative estimate of drug-likeness (QED) is 0.608. The van der Waals surface area contributed by atoms with Crippen LogP contribution in [0.5, 0.6) is 0 Å². The maximum atomic E-state index is 10.2. The van der Waals surface area contributed by atoms with Crippen molar-refractivity contribution in [3.8, 4) is 0 Å². The fourth-order valence-corrected chi connectivity index (χ4v) is 9.20. The molecule has 0 aromatic rings. The van der Waals surface area contributed by atoms with Gasteiger partial charge < -0.3 is 14.9 Å². The van der Waals surface area contributed by atoms with Crippen LogP contribution in [0.15, 0.2) is 11.6 Å². The minimum atomic E-state index is -0.111. The lowest BCUT2D eigenvalue weighted by molar-refractivity contribution is -0.0590. The number of rotatable bonds is 4. The molecule has 5 aliphatic rings. The van der Waals surface area contributed by atoms with Gasteiger partial charge in [-0.05, 0) is 104 Å². The van der Waals surface area contributed by atoms with E-state index in [1.807, 2.05) is 0 Å². The van der Waals surface area contributed by atoms with Crippen molar-refractivity contribution >= 4 is 0 Å². The van der Waals surface area contributed by atoms with Crippen LogP contribution in [0, 0.1) is 46.3 Å². The fraction of sp³-hybridized carbons (Fsp3) is 0.926. The molecule has 170 valence electrons. The van der Waals surface area contributed by atoms with E-state index < -0.39 is 0 Å². The minimum Gasteiger partial charge on any atom is -0.396 e.